The SMILES string of the molecule is Cc1nn(CCC(=O)N2CCN(Cc3ccccc3F)CC2)cc1Br. The van der Waals surface area contributed by atoms with Gasteiger partial charge in [0.2, 0.25) is 5.91 Å². The molecule has 3 rings (SSSR count). The fraction of sp³-hybridized carbons (Fsp3) is 0.444. The molecule has 25 heavy (non-hydrogen) atoms. The van der Waals surface area contributed by atoms with Gasteiger partial charge >= 0.3 is 0 Å². The van der Waals surface area contributed by atoms with Gasteiger partial charge in [-0.1, -0.05) is 18.2 Å². The Morgan fingerprint density at radius 2 is 1.96 bits per heavy atom. The number of halogens is 2. The van der Waals surface area contributed by atoms with Gasteiger partial charge in [0.15, 0.2) is 0 Å². The summed E-state index contributed by atoms with van der Waals surface area (Å²) in [6.07, 6.45) is 2.34. The summed E-state index contributed by atoms with van der Waals surface area (Å²) >= 11 is 3.43. The van der Waals surface area contributed by atoms with Crippen LogP contribution in [0.1, 0.15) is 17.7 Å². The molecule has 1 fully saturated rings. The summed E-state index contributed by atoms with van der Waals surface area (Å²) in [6, 6.07) is 6.87. The van der Waals surface area contributed by atoms with Crippen LogP contribution in [-0.4, -0.2) is 51.7 Å². The van der Waals surface area contributed by atoms with Crippen molar-refractivity contribution in [3.8, 4) is 0 Å². The van der Waals surface area contributed by atoms with Gasteiger partial charge in [-0.25, -0.2) is 4.39 Å². The molecule has 0 aliphatic carbocycles. The van der Waals surface area contributed by atoms with Crippen molar-refractivity contribution in [2.75, 3.05) is 26.2 Å². The number of nitrogens with zero attached hydrogens (tertiary/aromatic N) is 4. The van der Waals surface area contributed by atoms with Gasteiger partial charge in [-0.2, -0.15) is 5.10 Å². The zero-order valence-corrected chi connectivity index (χ0v) is 15.9. The average Bonchev–Trinajstić information content (AvgIpc) is 2.93. The van der Waals surface area contributed by atoms with Crippen LogP contribution >= 0.6 is 15.9 Å². The first-order valence-corrected chi connectivity index (χ1v) is 9.25. The summed E-state index contributed by atoms with van der Waals surface area (Å²) in [5.41, 5.74) is 1.64. The molecule has 0 unspecified atom stereocenters. The van der Waals surface area contributed by atoms with Crippen molar-refractivity contribution < 1.29 is 9.18 Å². The lowest BCUT2D eigenvalue weighted by Crippen LogP contribution is -2.48. The molecule has 1 amide bonds. The molecule has 2 heterocycles. The molecular formula is C18H22BrFN4O. The Labute approximate surface area is 155 Å². The fourth-order valence-corrected chi connectivity index (χ4v) is 3.31. The van der Waals surface area contributed by atoms with E-state index in [-0.39, 0.29) is 11.7 Å². The number of hydrogen-bond acceptors (Lipinski definition) is 3. The molecule has 134 valence electrons. The lowest BCUT2D eigenvalue weighted by molar-refractivity contribution is -0.133. The second-order valence-corrected chi connectivity index (χ2v) is 7.18. The minimum atomic E-state index is -0.165. The Morgan fingerprint density at radius 1 is 1.24 bits per heavy atom. The summed E-state index contributed by atoms with van der Waals surface area (Å²) in [5.74, 6) is -0.0171. The molecule has 2 aromatic rings. The number of aromatic nitrogens is 2. The van der Waals surface area contributed by atoms with Crippen molar-refractivity contribution in [3.05, 3.63) is 52.0 Å². The van der Waals surface area contributed by atoms with Crippen LogP contribution in [0.2, 0.25) is 0 Å². The maximum absolute atomic E-state index is 13.7. The van der Waals surface area contributed by atoms with Gasteiger partial charge < -0.3 is 4.90 Å². The van der Waals surface area contributed by atoms with Crippen LogP contribution in [0.25, 0.3) is 0 Å². The van der Waals surface area contributed by atoms with E-state index in [0.29, 0.717) is 38.2 Å². The number of hydrogen-bond donors (Lipinski definition) is 0. The molecule has 0 saturated carbocycles. The molecule has 1 aromatic heterocycles. The maximum atomic E-state index is 13.7. The van der Waals surface area contributed by atoms with E-state index in [1.54, 1.807) is 10.7 Å². The highest BCUT2D eigenvalue weighted by Crippen LogP contribution is 2.15. The summed E-state index contributed by atoms with van der Waals surface area (Å²) < 4.78 is 16.5. The Bertz CT molecular complexity index is 721. The number of amides is 1. The molecule has 1 aromatic carbocycles. The van der Waals surface area contributed by atoms with Crippen LogP contribution in [-0.2, 0) is 17.9 Å². The van der Waals surface area contributed by atoms with Crippen molar-refractivity contribution in [3.63, 3.8) is 0 Å². The summed E-state index contributed by atoms with van der Waals surface area (Å²) in [6.45, 7) is 6.02. The van der Waals surface area contributed by atoms with Crippen molar-refractivity contribution >= 4 is 21.8 Å². The first-order valence-electron chi connectivity index (χ1n) is 8.46. The highest BCUT2D eigenvalue weighted by atomic mass is 79.9. The second-order valence-electron chi connectivity index (χ2n) is 6.32. The summed E-state index contributed by atoms with van der Waals surface area (Å²) in [5, 5.41) is 4.35. The lowest BCUT2D eigenvalue weighted by atomic mass is 10.2. The number of rotatable bonds is 5. The van der Waals surface area contributed by atoms with Gasteiger partial charge in [0.1, 0.15) is 5.82 Å². The van der Waals surface area contributed by atoms with Crippen LogP contribution in [0.5, 0.6) is 0 Å². The van der Waals surface area contributed by atoms with E-state index in [2.05, 4.69) is 25.9 Å². The van der Waals surface area contributed by atoms with Gasteiger partial charge in [-0.05, 0) is 28.9 Å². The van der Waals surface area contributed by atoms with Crippen LogP contribution in [0.4, 0.5) is 4.39 Å². The van der Waals surface area contributed by atoms with Crippen LogP contribution in [0.15, 0.2) is 34.9 Å². The third kappa shape index (κ3) is 4.67. The van der Waals surface area contributed by atoms with E-state index in [4.69, 9.17) is 0 Å². The normalized spacial score (nSPS) is 15.6. The smallest absolute Gasteiger partial charge is 0.224 e. The van der Waals surface area contributed by atoms with Crippen molar-refractivity contribution in [1.29, 1.82) is 0 Å². The minimum Gasteiger partial charge on any atom is -0.340 e. The molecule has 5 nitrogen and oxygen atoms in total. The predicted octanol–water partition coefficient (Wildman–Crippen LogP) is 2.83. The molecule has 0 atom stereocenters. The van der Waals surface area contributed by atoms with Gasteiger partial charge in [0.25, 0.3) is 0 Å². The highest BCUT2D eigenvalue weighted by molar-refractivity contribution is 9.10. The second kappa shape index (κ2) is 8.10. The van der Waals surface area contributed by atoms with Gasteiger partial charge in [-0.15, -0.1) is 0 Å². The average molecular weight is 409 g/mol. The molecular weight excluding hydrogens is 387 g/mol. The Hall–Kier alpha value is -1.73. The van der Waals surface area contributed by atoms with Crippen LogP contribution < -0.4 is 0 Å². The molecule has 0 radical (unpaired) electrons. The predicted molar refractivity (Wildman–Crippen MR) is 97.5 cm³/mol. The molecule has 0 N–H and O–H groups in total. The van der Waals surface area contributed by atoms with E-state index in [0.717, 1.165) is 23.3 Å². The van der Waals surface area contributed by atoms with Crippen molar-refractivity contribution in [2.45, 2.75) is 26.4 Å². The zero-order chi connectivity index (χ0) is 17.8. The van der Waals surface area contributed by atoms with E-state index in [1.165, 1.54) is 6.07 Å². The number of piperazine rings is 1. The van der Waals surface area contributed by atoms with E-state index < -0.39 is 0 Å². The number of carbonyl (C=O) groups excluding carboxylic acids is 1. The molecule has 1 aliphatic rings. The third-order valence-electron chi connectivity index (χ3n) is 4.52. The largest absolute Gasteiger partial charge is 0.340 e. The Kier molecular flexibility index (Phi) is 5.86. The van der Waals surface area contributed by atoms with Crippen LogP contribution in [0.3, 0.4) is 0 Å². The Morgan fingerprint density at radius 3 is 2.60 bits per heavy atom. The lowest BCUT2D eigenvalue weighted by Gasteiger charge is -2.34. The standard InChI is InChI=1S/C18H22BrFN4O/c1-14-16(19)13-24(21-14)7-6-18(25)23-10-8-22(9-11-23)12-15-4-2-3-5-17(15)20/h2-5,13H,6-12H2,1H3. The first kappa shape index (κ1) is 18.1. The van der Waals surface area contributed by atoms with Gasteiger partial charge in [0.05, 0.1) is 10.2 Å². The fourth-order valence-electron chi connectivity index (χ4n) is 3.00. The van der Waals surface area contributed by atoms with E-state index in [9.17, 15) is 9.18 Å². The topological polar surface area (TPSA) is 41.4 Å². The molecule has 7 heteroatoms. The molecule has 0 bridgehead atoms. The summed E-state index contributed by atoms with van der Waals surface area (Å²) in [4.78, 5) is 16.5. The van der Waals surface area contributed by atoms with Gasteiger partial charge in [-0.3, -0.25) is 14.4 Å². The minimum absolute atomic E-state index is 0.148. The molecule has 1 saturated heterocycles. The van der Waals surface area contributed by atoms with Crippen molar-refractivity contribution in [2.24, 2.45) is 0 Å². The third-order valence-corrected chi connectivity index (χ3v) is 5.30. The molecule has 1 aliphatic heterocycles. The Balaban J connectivity index is 1.45. The van der Waals surface area contributed by atoms with E-state index in [1.807, 2.05) is 30.2 Å². The quantitative estimate of drug-likeness (QED) is 0.763. The molecule has 0 spiro atoms. The van der Waals surface area contributed by atoms with Crippen LogP contribution in [0, 0.1) is 12.7 Å². The van der Waals surface area contributed by atoms with E-state index >= 15 is 0 Å². The van der Waals surface area contributed by atoms with Crippen molar-refractivity contribution in [1.82, 2.24) is 19.6 Å². The monoisotopic (exact) mass is 408 g/mol. The van der Waals surface area contributed by atoms with Gasteiger partial charge in [0, 0.05) is 57.4 Å². The first-order chi connectivity index (χ1) is 12.0. The maximum Gasteiger partial charge on any atom is 0.224 e. The summed E-state index contributed by atoms with van der Waals surface area (Å²) in [7, 11) is 0. The number of carbonyl (C=O) groups is 1. The number of benzene rings is 1. The highest BCUT2D eigenvalue weighted by Gasteiger charge is 2.21. The number of aryl methyl sites for hydroxylation is 2. The zero-order valence-electron chi connectivity index (χ0n) is 14.3.